The highest BCUT2D eigenvalue weighted by Crippen LogP contribution is 2.29. The van der Waals surface area contributed by atoms with Gasteiger partial charge in [-0.15, -0.1) is 0 Å². The van der Waals surface area contributed by atoms with Crippen molar-refractivity contribution in [3.8, 4) is 0 Å². The number of carbonyl (C=O) groups is 2. The first-order chi connectivity index (χ1) is 12.7. The molecule has 0 aliphatic carbocycles. The van der Waals surface area contributed by atoms with E-state index in [1.54, 1.807) is 22.6 Å². The quantitative estimate of drug-likeness (QED) is 0.716. The topological polar surface area (TPSA) is 83.7 Å². The molecule has 1 aromatic carbocycles. The van der Waals surface area contributed by atoms with E-state index in [1.165, 1.54) is 18.3 Å². The van der Waals surface area contributed by atoms with E-state index in [2.05, 4.69) is 10.3 Å². The van der Waals surface area contributed by atoms with Crippen LogP contribution in [-0.4, -0.2) is 26.4 Å². The van der Waals surface area contributed by atoms with Gasteiger partial charge in [0.05, 0.1) is 24.1 Å². The van der Waals surface area contributed by atoms with Crippen molar-refractivity contribution in [1.82, 2.24) is 9.38 Å². The van der Waals surface area contributed by atoms with E-state index < -0.39 is 23.6 Å². The van der Waals surface area contributed by atoms with Gasteiger partial charge in [0.25, 0.3) is 0 Å². The van der Waals surface area contributed by atoms with Crippen LogP contribution >= 0.6 is 0 Å². The molecule has 0 atom stereocenters. The van der Waals surface area contributed by atoms with Gasteiger partial charge >= 0.3 is 12.1 Å². The number of anilines is 1. The molecule has 0 spiro atoms. The molecule has 3 aromatic rings. The van der Waals surface area contributed by atoms with E-state index in [0.29, 0.717) is 22.7 Å². The van der Waals surface area contributed by atoms with Gasteiger partial charge < -0.3 is 10.4 Å². The lowest BCUT2D eigenvalue weighted by Crippen LogP contribution is -2.16. The molecule has 3 rings (SSSR count). The molecule has 0 aliphatic heterocycles. The Bertz CT molecular complexity index is 994. The van der Waals surface area contributed by atoms with Gasteiger partial charge in [-0.05, 0) is 29.8 Å². The number of aliphatic carboxylic acids is 1. The third kappa shape index (κ3) is 4.43. The summed E-state index contributed by atoms with van der Waals surface area (Å²) in [6.07, 6.45) is -3.27. The molecule has 1 amide bonds. The number of benzene rings is 1. The predicted octanol–water partition coefficient (Wildman–Crippen LogP) is 3.16. The monoisotopic (exact) mass is 377 g/mol. The van der Waals surface area contributed by atoms with Crippen LogP contribution in [0.5, 0.6) is 0 Å². The molecule has 0 bridgehead atoms. The summed E-state index contributed by atoms with van der Waals surface area (Å²) in [7, 11) is 0. The number of alkyl halides is 3. The molecule has 0 radical (unpaired) electrons. The molecule has 140 valence electrons. The molecular weight excluding hydrogens is 363 g/mol. The summed E-state index contributed by atoms with van der Waals surface area (Å²) in [5.41, 5.74) is 0.469. The maximum Gasteiger partial charge on any atom is 0.416 e. The largest absolute Gasteiger partial charge is 0.481 e. The summed E-state index contributed by atoms with van der Waals surface area (Å²) in [6.45, 7) is 0. The van der Waals surface area contributed by atoms with Crippen LogP contribution in [0.4, 0.5) is 19.0 Å². The van der Waals surface area contributed by atoms with E-state index in [-0.39, 0.29) is 12.8 Å². The van der Waals surface area contributed by atoms with Gasteiger partial charge in [0.1, 0.15) is 11.5 Å². The van der Waals surface area contributed by atoms with Crippen LogP contribution in [-0.2, 0) is 28.6 Å². The molecule has 0 saturated carbocycles. The highest BCUT2D eigenvalue weighted by atomic mass is 19.4. The summed E-state index contributed by atoms with van der Waals surface area (Å²) in [5.74, 6) is -1.06. The van der Waals surface area contributed by atoms with Gasteiger partial charge in [-0.25, -0.2) is 4.98 Å². The average molecular weight is 377 g/mol. The number of carboxylic acid groups (broad SMARTS) is 1. The Hall–Kier alpha value is -3.36. The normalized spacial score (nSPS) is 11.5. The number of rotatable bonds is 5. The standard InChI is InChI=1S/C18H14F3N3O3/c19-18(20,21)12-6-4-11(5-7-12)8-16(25)23-15-3-1-2-14-22-13(9-17(26)27)10-24(14)15/h1-7,10H,8-9H2,(H,23,25)(H,26,27). The van der Waals surface area contributed by atoms with Gasteiger partial charge in [-0.1, -0.05) is 18.2 Å². The Morgan fingerprint density at radius 2 is 1.78 bits per heavy atom. The molecule has 0 unspecified atom stereocenters. The van der Waals surface area contributed by atoms with Crippen LogP contribution < -0.4 is 5.32 Å². The second kappa shape index (κ2) is 7.10. The lowest BCUT2D eigenvalue weighted by Gasteiger charge is -2.09. The van der Waals surface area contributed by atoms with E-state index in [0.717, 1.165) is 12.1 Å². The number of imidazole rings is 1. The van der Waals surface area contributed by atoms with Gasteiger partial charge in [0.15, 0.2) is 0 Å². The zero-order chi connectivity index (χ0) is 19.6. The average Bonchev–Trinajstić information content (AvgIpc) is 2.97. The van der Waals surface area contributed by atoms with Crippen LogP contribution in [0.3, 0.4) is 0 Å². The molecule has 9 heteroatoms. The lowest BCUT2D eigenvalue weighted by molar-refractivity contribution is -0.138. The molecule has 27 heavy (non-hydrogen) atoms. The van der Waals surface area contributed by atoms with Gasteiger partial charge in [0, 0.05) is 6.20 Å². The Balaban J connectivity index is 1.74. The highest BCUT2D eigenvalue weighted by molar-refractivity contribution is 5.91. The fourth-order valence-electron chi connectivity index (χ4n) is 2.59. The SMILES string of the molecule is O=C(O)Cc1cn2c(NC(=O)Cc3ccc(C(F)(F)F)cc3)cccc2n1. The van der Waals surface area contributed by atoms with Crippen molar-refractivity contribution in [3.05, 3.63) is 65.5 Å². The Kier molecular flexibility index (Phi) is 4.85. The number of carbonyl (C=O) groups excluding carboxylic acids is 1. The van der Waals surface area contributed by atoms with Gasteiger partial charge in [-0.3, -0.25) is 14.0 Å². The van der Waals surface area contributed by atoms with Crippen LogP contribution in [0.15, 0.2) is 48.7 Å². The van der Waals surface area contributed by atoms with E-state index >= 15 is 0 Å². The van der Waals surface area contributed by atoms with Crippen LogP contribution in [0.25, 0.3) is 5.65 Å². The number of hydrogen-bond donors (Lipinski definition) is 2. The minimum absolute atomic E-state index is 0.106. The Morgan fingerprint density at radius 3 is 2.41 bits per heavy atom. The molecular formula is C18H14F3N3O3. The van der Waals surface area contributed by atoms with Crippen LogP contribution in [0.2, 0.25) is 0 Å². The third-order valence-electron chi connectivity index (χ3n) is 3.79. The van der Waals surface area contributed by atoms with Crippen molar-refractivity contribution in [3.63, 3.8) is 0 Å². The van der Waals surface area contributed by atoms with Crippen LogP contribution in [0, 0.1) is 0 Å². The summed E-state index contributed by atoms with van der Waals surface area (Å²) in [4.78, 5) is 27.2. The lowest BCUT2D eigenvalue weighted by atomic mass is 10.1. The van der Waals surface area contributed by atoms with Crippen molar-refractivity contribution in [1.29, 1.82) is 0 Å². The fourth-order valence-corrected chi connectivity index (χ4v) is 2.59. The highest BCUT2D eigenvalue weighted by Gasteiger charge is 2.29. The summed E-state index contributed by atoms with van der Waals surface area (Å²) in [6, 6.07) is 9.30. The number of carboxylic acids is 1. The van der Waals surface area contributed by atoms with Crippen molar-refractivity contribution in [2.24, 2.45) is 0 Å². The number of aromatic nitrogens is 2. The maximum atomic E-state index is 12.6. The number of nitrogens with one attached hydrogen (secondary N) is 1. The molecule has 0 aliphatic rings. The summed E-state index contributed by atoms with van der Waals surface area (Å²) >= 11 is 0. The van der Waals surface area contributed by atoms with E-state index in [9.17, 15) is 22.8 Å². The second-order valence-corrected chi connectivity index (χ2v) is 5.86. The van der Waals surface area contributed by atoms with Gasteiger partial charge in [0.2, 0.25) is 5.91 Å². The second-order valence-electron chi connectivity index (χ2n) is 5.86. The molecule has 2 heterocycles. The fraction of sp³-hybridized carbons (Fsp3) is 0.167. The van der Waals surface area contributed by atoms with E-state index in [1.807, 2.05) is 0 Å². The van der Waals surface area contributed by atoms with Gasteiger partial charge in [-0.2, -0.15) is 13.2 Å². The van der Waals surface area contributed by atoms with Crippen molar-refractivity contribution in [2.75, 3.05) is 5.32 Å². The van der Waals surface area contributed by atoms with E-state index in [4.69, 9.17) is 5.11 Å². The zero-order valence-corrected chi connectivity index (χ0v) is 13.8. The number of pyridine rings is 1. The minimum atomic E-state index is -4.43. The molecule has 2 aromatic heterocycles. The molecule has 2 N–H and O–H groups in total. The first kappa shape index (κ1) is 18.4. The first-order valence-electron chi connectivity index (χ1n) is 7.87. The first-order valence-corrected chi connectivity index (χ1v) is 7.87. The van der Waals surface area contributed by atoms with Crippen molar-refractivity contribution < 1.29 is 27.9 Å². The maximum absolute atomic E-state index is 12.6. The number of halogens is 3. The molecule has 6 nitrogen and oxygen atoms in total. The number of amides is 1. The Labute approximate surface area is 151 Å². The summed E-state index contributed by atoms with van der Waals surface area (Å²) < 4.78 is 39.3. The number of hydrogen-bond acceptors (Lipinski definition) is 3. The van der Waals surface area contributed by atoms with Crippen molar-refractivity contribution in [2.45, 2.75) is 19.0 Å². The summed E-state index contributed by atoms with van der Waals surface area (Å²) in [5, 5.41) is 11.5. The molecule has 0 saturated heterocycles. The number of nitrogens with zero attached hydrogens (tertiary/aromatic N) is 2. The smallest absolute Gasteiger partial charge is 0.416 e. The van der Waals surface area contributed by atoms with Crippen LogP contribution in [0.1, 0.15) is 16.8 Å². The number of fused-ring (bicyclic) bond motifs is 1. The minimum Gasteiger partial charge on any atom is -0.481 e. The predicted molar refractivity (Wildman–Crippen MR) is 90.3 cm³/mol. The Morgan fingerprint density at radius 1 is 1.07 bits per heavy atom. The zero-order valence-electron chi connectivity index (χ0n) is 13.8. The molecule has 0 fully saturated rings. The van der Waals surface area contributed by atoms with Crippen molar-refractivity contribution >= 4 is 23.3 Å². The third-order valence-corrected chi connectivity index (χ3v) is 3.79.